The fraction of sp³-hybridized carbons (Fsp3) is 0.154. The number of nitro groups is 1. The zero-order valence-corrected chi connectivity index (χ0v) is 10.8. The molecule has 0 unspecified atom stereocenters. The van der Waals surface area contributed by atoms with Gasteiger partial charge >= 0.3 is 5.69 Å². The molecule has 0 fully saturated rings. The Kier molecular flexibility index (Phi) is 3.99. The van der Waals surface area contributed by atoms with E-state index in [1.165, 1.54) is 12.1 Å². The highest BCUT2D eigenvalue weighted by molar-refractivity contribution is 5.54. The van der Waals surface area contributed by atoms with Gasteiger partial charge in [0.05, 0.1) is 11.5 Å². The molecule has 0 amide bonds. The maximum absolute atomic E-state index is 10.7. The van der Waals surface area contributed by atoms with Crippen molar-refractivity contribution in [3.63, 3.8) is 0 Å². The molecule has 0 aliphatic carbocycles. The van der Waals surface area contributed by atoms with Crippen molar-refractivity contribution in [3.05, 3.63) is 46.5 Å². The van der Waals surface area contributed by atoms with Gasteiger partial charge in [0.2, 0.25) is 11.7 Å². The van der Waals surface area contributed by atoms with Crippen LogP contribution in [0, 0.1) is 10.1 Å². The van der Waals surface area contributed by atoms with E-state index in [9.17, 15) is 10.1 Å². The molecule has 1 aromatic heterocycles. The first kappa shape index (κ1) is 13.6. The number of anilines is 1. The predicted molar refractivity (Wildman–Crippen MR) is 73.0 cm³/mol. The van der Waals surface area contributed by atoms with Gasteiger partial charge in [0.1, 0.15) is 0 Å². The van der Waals surface area contributed by atoms with E-state index in [4.69, 9.17) is 15.2 Å². The number of benzene rings is 1. The van der Waals surface area contributed by atoms with Crippen LogP contribution in [0.4, 0.5) is 11.5 Å². The molecule has 2 aromatic rings. The van der Waals surface area contributed by atoms with E-state index in [1.54, 1.807) is 18.2 Å². The van der Waals surface area contributed by atoms with Crippen LogP contribution in [0.15, 0.2) is 36.4 Å². The molecule has 7 nitrogen and oxygen atoms in total. The first-order valence-corrected chi connectivity index (χ1v) is 5.92. The molecule has 1 heterocycles. The number of nitrogens with zero attached hydrogens (tertiary/aromatic N) is 2. The maximum atomic E-state index is 10.7. The van der Waals surface area contributed by atoms with Gasteiger partial charge in [0.15, 0.2) is 11.5 Å². The number of hydrogen-bond acceptors (Lipinski definition) is 6. The van der Waals surface area contributed by atoms with Crippen LogP contribution in [0.25, 0.3) is 0 Å². The Morgan fingerprint density at radius 1 is 1.25 bits per heavy atom. The van der Waals surface area contributed by atoms with Crippen molar-refractivity contribution in [2.45, 2.75) is 6.92 Å². The molecular weight excluding hydrogens is 262 g/mol. The lowest BCUT2D eigenvalue weighted by atomic mass is 10.3. The summed E-state index contributed by atoms with van der Waals surface area (Å²) in [5, 5.41) is 10.7. The standard InChI is InChI=1S/C13H13N3O4/c1-2-19-10-5-3-4-6-11(10)20-12-8-7-9(16(17)18)13(14)15-12/h3-8H,2H2,1H3,(H2,14,15). The second kappa shape index (κ2) is 5.87. The first-order valence-electron chi connectivity index (χ1n) is 5.92. The minimum absolute atomic E-state index is 0.167. The highest BCUT2D eigenvalue weighted by Crippen LogP contribution is 2.32. The minimum atomic E-state index is -0.597. The molecule has 20 heavy (non-hydrogen) atoms. The third kappa shape index (κ3) is 2.94. The van der Waals surface area contributed by atoms with Crippen molar-refractivity contribution in [1.82, 2.24) is 4.98 Å². The first-order chi connectivity index (χ1) is 9.61. The number of nitrogens with two attached hydrogens (primary N) is 1. The summed E-state index contributed by atoms with van der Waals surface area (Å²) in [4.78, 5) is 13.9. The van der Waals surface area contributed by atoms with E-state index in [1.807, 2.05) is 13.0 Å². The Morgan fingerprint density at radius 3 is 2.55 bits per heavy atom. The molecule has 7 heteroatoms. The number of pyridine rings is 1. The monoisotopic (exact) mass is 275 g/mol. The Labute approximate surface area is 115 Å². The molecule has 2 rings (SSSR count). The topological polar surface area (TPSA) is 101 Å². The number of hydrogen-bond donors (Lipinski definition) is 1. The van der Waals surface area contributed by atoms with E-state index in [2.05, 4.69) is 4.98 Å². The number of para-hydroxylation sites is 2. The molecular formula is C13H13N3O4. The van der Waals surface area contributed by atoms with Crippen LogP contribution in [0.1, 0.15) is 6.92 Å². The fourth-order valence-electron chi connectivity index (χ4n) is 1.58. The quantitative estimate of drug-likeness (QED) is 0.665. The number of rotatable bonds is 5. The molecule has 0 aliphatic rings. The molecule has 0 saturated heterocycles. The van der Waals surface area contributed by atoms with Crippen LogP contribution in [0.3, 0.4) is 0 Å². The van der Waals surface area contributed by atoms with Gasteiger partial charge in [0.25, 0.3) is 0 Å². The van der Waals surface area contributed by atoms with Gasteiger partial charge in [-0.2, -0.15) is 4.98 Å². The van der Waals surface area contributed by atoms with Gasteiger partial charge in [-0.1, -0.05) is 12.1 Å². The summed E-state index contributed by atoms with van der Waals surface area (Å²) in [7, 11) is 0. The summed E-state index contributed by atoms with van der Waals surface area (Å²) >= 11 is 0. The SMILES string of the molecule is CCOc1ccccc1Oc1ccc([N+](=O)[O-])c(N)n1. The molecule has 0 saturated carbocycles. The van der Waals surface area contributed by atoms with E-state index in [0.717, 1.165) is 0 Å². The van der Waals surface area contributed by atoms with Crippen LogP contribution < -0.4 is 15.2 Å². The molecule has 104 valence electrons. The van der Waals surface area contributed by atoms with E-state index >= 15 is 0 Å². The summed E-state index contributed by atoms with van der Waals surface area (Å²) in [6.45, 7) is 2.36. The molecule has 0 bridgehead atoms. The summed E-state index contributed by atoms with van der Waals surface area (Å²) in [5.41, 5.74) is 5.25. The van der Waals surface area contributed by atoms with Crippen LogP contribution in [0.5, 0.6) is 17.4 Å². The molecule has 2 N–H and O–H groups in total. The summed E-state index contributed by atoms with van der Waals surface area (Å²) < 4.78 is 10.9. The zero-order chi connectivity index (χ0) is 14.5. The lowest BCUT2D eigenvalue weighted by Crippen LogP contribution is -2.00. The second-order valence-corrected chi connectivity index (χ2v) is 3.79. The maximum Gasteiger partial charge on any atom is 0.311 e. The van der Waals surface area contributed by atoms with Crippen LogP contribution in [0.2, 0.25) is 0 Å². The van der Waals surface area contributed by atoms with Crippen LogP contribution in [-0.2, 0) is 0 Å². The average molecular weight is 275 g/mol. The molecule has 0 spiro atoms. The normalized spacial score (nSPS) is 10.1. The highest BCUT2D eigenvalue weighted by atomic mass is 16.6. The second-order valence-electron chi connectivity index (χ2n) is 3.79. The third-order valence-electron chi connectivity index (χ3n) is 2.44. The van der Waals surface area contributed by atoms with Gasteiger partial charge in [-0.15, -0.1) is 0 Å². The van der Waals surface area contributed by atoms with Crippen molar-refractivity contribution >= 4 is 11.5 Å². The Morgan fingerprint density at radius 2 is 1.95 bits per heavy atom. The van der Waals surface area contributed by atoms with E-state index in [0.29, 0.717) is 18.1 Å². The molecule has 0 aliphatic heterocycles. The minimum Gasteiger partial charge on any atom is -0.490 e. The number of nitrogen functional groups attached to an aromatic ring is 1. The Balaban J connectivity index is 2.26. The van der Waals surface area contributed by atoms with Gasteiger partial charge in [-0.05, 0) is 19.1 Å². The molecule has 0 atom stereocenters. The summed E-state index contributed by atoms with van der Waals surface area (Å²) in [6.07, 6.45) is 0. The third-order valence-corrected chi connectivity index (χ3v) is 2.44. The van der Waals surface area contributed by atoms with Gasteiger partial charge in [-0.25, -0.2) is 0 Å². The lowest BCUT2D eigenvalue weighted by molar-refractivity contribution is -0.384. The Bertz CT molecular complexity index is 631. The average Bonchev–Trinajstić information content (AvgIpc) is 2.41. The van der Waals surface area contributed by atoms with Crippen LogP contribution >= 0.6 is 0 Å². The van der Waals surface area contributed by atoms with Crippen molar-refractivity contribution in [2.24, 2.45) is 0 Å². The van der Waals surface area contributed by atoms with Crippen molar-refractivity contribution in [3.8, 4) is 17.4 Å². The Hall–Kier alpha value is -2.83. The highest BCUT2D eigenvalue weighted by Gasteiger charge is 2.14. The fourth-order valence-corrected chi connectivity index (χ4v) is 1.58. The van der Waals surface area contributed by atoms with Gasteiger partial charge in [-0.3, -0.25) is 10.1 Å². The number of aromatic nitrogens is 1. The van der Waals surface area contributed by atoms with E-state index in [-0.39, 0.29) is 17.4 Å². The van der Waals surface area contributed by atoms with Crippen LogP contribution in [-0.4, -0.2) is 16.5 Å². The largest absolute Gasteiger partial charge is 0.490 e. The number of ether oxygens (including phenoxy) is 2. The van der Waals surface area contributed by atoms with Crippen molar-refractivity contribution < 1.29 is 14.4 Å². The lowest BCUT2D eigenvalue weighted by Gasteiger charge is -2.10. The smallest absolute Gasteiger partial charge is 0.311 e. The summed E-state index contributed by atoms with van der Waals surface area (Å²) in [6, 6.07) is 9.71. The zero-order valence-electron chi connectivity index (χ0n) is 10.8. The van der Waals surface area contributed by atoms with Gasteiger partial charge < -0.3 is 15.2 Å². The molecule has 0 radical (unpaired) electrons. The molecule has 1 aromatic carbocycles. The predicted octanol–water partition coefficient (Wildman–Crippen LogP) is 2.76. The van der Waals surface area contributed by atoms with Gasteiger partial charge in [0, 0.05) is 12.1 Å². The summed E-state index contributed by atoms with van der Waals surface area (Å²) in [5.74, 6) is 1.01. The van der Waals surface area contributed by atoms with E-state index < -0.39 is 4.92 Å². The van der Waals surface area contributed by atoms with Crippen molar-refractivity contribution in [1.29, 1.82) is 0 Å². The van der Waals surface area contributed by atoms with Crippen molar-refractivity contribution in [2.75, 3.05) is 12.3 Å².